The van der Waals surface area contributed by atoms with E-state index in [-0.39, 0.29) is 18.2 Å². The first-order valence-electron chi connectivity index (χ1n) is 12.0. The Kier molecular flexibility index (Phi) is 5.71. The van der Waals surface area contributed by atoms with Crippen LogP contribution in [0.2, 0.25) is 5.02 Å². The fraction of sp³-hybridized carbons (Fsp3) is 0.500. The molecular weight excluding hydrogens is 450 g/mol. The molecule has 8 heteroatoms. The van der Waals surface area contributed by atoms with E-state index in [1.165, 1.54) is 18.4 Å². The van der Waals surface area contributed by atoms with Gasteiger partial charge in [-0.3, -0.25) is 0 Å². The maximum Gasteiger partial charge on any atom is 0.410 e. The highest BCUT2D eigenvalue weighted by Crippen LogP contribution is 2.46. The zero-order valence-corrected chi connectivity index (χ0v) is 21.2. The predicted octanol–water partition coefficient (Wildman–Crippen LogP) is 5.79. The van der Waals surface area contributed by atoms with Crippen LogP contribution in [0.5, 0.6) is 0 Å². The number of halogens is 1. The molecule has 0 spiro atoms. The lowest BCUT2D eigenvalue weighted by molar-refractivity contribution is 0.0130. The van der Waals surface area contributed by atoms with Gasteiger partial charge in [-0.2, -0.15) is 0 Å². The van der Waals surface area contributed by atoms with Gasteiger partial charge in [0.25, 0.3) is 0 Å². The van der Waals surface area contributed by atoms with Crippen LogP contribution in [-0.2, 0) is 4.74 Å². The highest BCUT2D eigenvalue weighted by Gasteiger charge is 2.37. The van der Waals surface area contributed by atoms with E-state index in [0.29, 0.717) is 24.0 Å². The Labute approximate surface area is 205 Å². The molecule has 0 radical (unpaired) electrons. The Balaban J connectivity index is 1.53. The van der Waals surface area contributed by atoms with Crippen LogP contribution in [0.4, 0.5) is 10.6 Å². The highest BCUT2D eigenvalue weighted by atomic mass is 35.5. The molecule has 180 valence electrons. The van der Waals surface area contributed by atoms with Crippen molar-refractivity contribution in [2.24, 2.45) is 0 Å². The molecule has 7 nitrogen and oxygen atoms in total. The van der Waals surface area contributed by atoms with Crippen molar-refractivity contribution in [2.75, 3.05) is 18.0 Å². The fourth-order valence-corrected chi connectivity index (χ4v) is 5.00. The van der Waals surface area contributed by atoms with E-state index in [0.717, 1.165) is 22.5 Å². The molecule has 34 heavy (non-hydrogen) atoms. The van der Waals surface area contributed by atoms with Crippen molar-refractivity contribution in [3.63, 3.8) is 0 Å². The lowest BCUT2D eigenvalue weighted by atomic mass is 10.1. The summed E-state index contributed by atoms with van der Waals surface area (Å²) in [5.74, 6) is 1.47. The molecule has 2 unspecified atom stereocenters. The van der Waals surface area contributed by atoms with Gasteiger partial charge < -0.3 is 19.1 Å². The topological polar surface area (TPSA) is 63.5 Å². The number of fused-ring (bicyclic) bond motifs is 1. The van der Waals surface area contributed by atoms with Crippen LogP contribution in [0.3, 0.4) is 0 Å². The van der Waals surface area contributed by atoms with E-state index in [2.05, 4.69) is 29.5 Å². The summed E-state index contributed by atoms with van der Waals surface area (Å²) in [6.45, 7) is 11.2. The largest absolute Gasteiger partial charge is 0.444 e. The number of carbonyl (C=O) groups excluding carboxylic acids is 1. The van der Waals surface area contributed by atoms with Crippen LogP contribution in [0.15, 0.2) is 36.8 Å². The number of aromatic nitrogens is 3. The Bertz CT molecular complexity index is 1230. The van der Waals surface area contributed by atoms with Gasteiger partial charge in [0.2, 0.25) is 0 Å². The van der Waals surface area contributed by atoms with E-state index in [1.54, 1.807) is 6.33 Å². The van der Waals surface area contributed by atoms with E-state index in [1.807, 2.05) is 49.9 Å². The molecular formula is C26H32ClN5O2. The van der Waals surface area contributed by atoms with Crippen LogP contribution in [0.25, 0.3) is 16.7 Å². The summed E-state index contributed by atoms with van der Waals surface area (Å²) in [5.41, 5.74) is 2.66. The first kappa shape index (κ1) is 23.0. The van der Waals surface area contributed by atoms with Gasteiger partial charge >= 0.3 is 6.09 Å². The van der Waals surface area contributed by atoms with Crippen LogP contribution >= 0.6 is 11.6 Å². The second-order valence-corrected chi connectivity index (χ2v) is 11.0. The molecule has 3 heterocycles. The van der Waals surface area contributed by atoms with Gasteiger partial charge in [0.05, 0.1) is 5.39 Å². The second kappa shape index (κ2) is 8.45. The van der Waals surface area contributed by atoms with Crippen molar-refractivity contribution in [2.45, 2.75) is 71.1 Å². The summed E-state index contributed by atoms with van der Waals surface area (Å²) in [6.07, 6.45) is 5.96. The average Bonchev–Trinajstić information content (AvgIpc) is 3.53. The highest BCUT2D eigenvalue weighted by molar-refractivity contribution is 6.30. The van der Waals surface area contributed by atoms with Crippen LogP contribution < -0.4 is 4.90 Å². The third kappa shape index (κ3) is 4.33. The minimum absolute atomic E-state index is 0.00421. The molecule has 2 fully saturated rings. The number of ether oxygens (including phenoxy) is 1. The van der Waals surface area contributed by atoms with Crippen molar-refractivity contribution in [3.8, 4) is 5.69 Å². The standard InChI is InChI=1S/C26H32ClN5O2/c1-16-13-31(25(33)34-26(3,4)5)17(2)12-30(16)23-22-21(18-9-10-18)14-32(24(22)29-15-28-23)20-8-6-7-19(27)11-20/h6-8,11,14-18H,9-10,12-13H2,1-5H3. The van der Waals surface area contributed by atoms with E-state index < -0.39 is 5.60 Å². The lowest BCUT2D eigenvalue weighted by Gasteiger charge is -2.44. The van der Waals surface area contributed by atoms with Crippen molar-refractivity contribution < 1.29 is 9.53 Å². The molecule has 1 amide bonds. The van der Waals surface area contributed by atoms with Gasteiger partial charge in [-0.25, -0.2) is 14.8 Å². The van der Waals surface area contributed by atoms with Gasteiger partial charge in [-0.1, -0.05) is 17.7 Å². The van der Waals surface area contributed by atoms with Crippen LogP contribution in [-0.4, -0.2) is 56.3 Å². The Hall–Kier alpha value is -2.80. The fourth-order valence-electron chi connectivity index (χ4n) is 4.81. The molecule has 1 aliphatic heterocycles. The van der Waals surface area contributed by atoms with E-state index in [4.69, 9.17) is 26.3 Å². The predicted molar refractivity (Wildman–Crippen MR) is 135 cm³/mol. The maximum absolute atomic E-state index is 12.8. The number of rotatable bonds is 3. The number of carbonyl (C=O) groups is 1. The van der Waals surface area contributed by atoms with Gasteiger partial charge in [0, 0.05) is 42.1 Å². The number of benzene rings is 1. The first-order chi connectivity index (χ1) is 16.1. The molecule has 3 aromatic rings. The monoisotopic (exact) mass is 481 g/mol. The van der Waals surface area contributed by atoms with Gasteiger partial charge in [-0.05, 0) is 77.1 Å². The number of hydrogen-bond acceptors (Lipinski definition) is 5. The van der Waals surface area contributed by atoms with Crippen LogP contribution in [0.1, 0.15) is 58.9 Å². The minimum atomic E-state index is -0.515. The summed E-state index contributed by atoms with van der Waals surface area (Å²) in [5, 5.41) is 1.80. The zero-order chi connectivity index (χ0) is 24.2. The molecule has 2 aliphatic rings. The quantitative estimate of drug-likeness (QED) is 0.474. The first-order valence-corrected chi connectivity index (χ1v) is 12.4. The average molecular weight is 482 g/mol. The van der Waals surface area contributed by atoms with Crippen molar-refractivity contribution in [1.29, 1.82) is 0 Å². The van der Waals surface area contributed by atoms with E-state index >= 15 is 0 Å². The molecule has 1 saturated carbocycles. The summed E-state index contributed by atoms with van der Waals surface area (Å²) < 4.78 is 7.79. The van der Waals surface area contributed by atoms with Crippen molar-refractivity contribution >= 4 is 34.5 Å². The molecule has 2 atom stereocenters. The third-order valence-electron chi connectivity index (χ3n) is 6.58. The maximum atomic E-state index is 12.8. The molecule has 1 aliphatic carbocycles. The van der Waals surface area contributed by atoms with Crippen LogP contribution in [0, 0.1) is 0 Å². The van der Waals surface area contributed by atoms with Gasteiger partial charge in [-0.15, -0.1) is 0 Å². The molecule has 0 N–H and O–H groups in total. The number of amides is 1. The molecule has 1 saturated heterocycles. The second-order valence-electron chi connectivity index (χ2n) is 10.6. The summed E-state index contributed by atoms with van der Waals surface area (Å²) in [7, 11) is 0. The molecule has 1 aromatic carbocycles. The molecule has 0 bridgehead atoms. The number of piperazine rings is 1. The lowest BCUT2D eigenvalue weighted by Crippen LogP contribution is -2.59. The normalized spacial score (nSPS) is 21.2. The number of hydrogen-bond donors (Lipinski definition) is 0. The molecule has 5 rings (SSSR count). The Morgan fingerprint density at radius 2 is 1.88 bits per heavy atom. The van der Waals surface area contributed by atoms with Gasteiger partial charge in [0.15, 0.2) is 0 Å². The zero-order valence-electron chi connectivity index (χ0n) is 20.5. The summed E-state index contributed by atoms with van der Waals surface area (Å²) in [4.78, 5) is 26.4. The minimum Gasteiger partial charge on any atom is -0.444 e. The smallest absolute Gasteiger partial charge is 0.410 e. The third-order valence-corrected chi connectivity index (χ3v) is 6.82. The van der Waals surface area contributed by atoms with Crippen molar-refractivity contribution in [1.82, 2.24) is 19.4 Å². The Morgan fingerprint density at radius 3 is 2.56 bits per heavy atom. The van der Waals surface area contributed by atoms with Crippen molar-refractivity contribution in [3.05, 3.63) is 47.4 Å². The number of anilines is 1. The van der Waals surface area contributed by atoms with E-state index in [9.17, 15) is 4.79 Å². The summed E-state index contributed by atoms with van der Waals surface area (Å²) >= 11 is 6.30. The Morgan fingerprint density at radius 1 is 1.12 bits per heavy atom. The SMILES string of the molecule is CC1CN(c2ncnc3c2c(C2CC2)cn3-c2cccc(Cl)c2)C(C)CN1C(=O)OC(C)(C)C. The van der Waals surface area contributed by atoms with Gasteiger partial charge in [0.1, 0.15) is 23.4 Å². The number of nitrogens with zero attached hydrogens (tertiary/aromatic N) is 5. The molecule has 2 aromatic heterocycles. The summed E-state index contributed by atoms with van der Waals surface area (Å²) in [6, 6.07) is 7.94.